The summed E-state index contributed by atoms with van der Waals surface area (Å²) in [5, 5.41) is 7.63. The van der Waals surface area contributed by atoms with Crippen molar-refractivity contribution in [3.63, 3.8) is 0 Å². The second-order valence-corrected chi connectivity index (χ2v) is 4.88. The SMILES string of the molecule is CCOc1cccc(CNc2nc3cc(C)ccn3n2)c1. The van der Waals surface area contributed by atoms with Gasteiger partial charge in [0.1, 0.15) is 5.75 Å². The van der Waals surface area contributed by atoms with Crippen molar-refractivity contribution in [3.05, 3.63) is 53.7 Å². The first-order chi connectivity index (χ1) is 10.2. The molecular weight excluding hydrogens is 264 g/mol. The molecule has 0 atom stereocenters. The van der Waals surface area contributed by atoms with Gasteiger partial charge in [-0.05, 0) is 49.2 Å². The van der Waals surface area contributed by atoms with Crippen LogP contribution in [0.1, 0.15) is 18.1 Å². The van der Waals surface area contributed by atoms with Crippen molar-refractivity contribution in [1.29, 1.82) is 0 Å². The monoisotopic (exact) mass is 282 g/mol. The van der Waals surface area contributed by atoms with Crippen LogP contribution >= 0.6 is 0 Å². The summed E-state index contributed by atoms with van der Waals surface area (Å²) in [4.78, 5) is 4.46. The number of fused-ring (bicyclic) bond motifs is 1. The molecule has 0 bridgehead atoms. The van der Waals surface area contributed by atoms with E-state index in [0.29, 0.717) is 19.1 Å². The van der Waals surface area contributed by atoms with Gasteiger partial charge in [-0.25, -0.2) is 4.52 Å². The number of aryl methyl sites for hydroxylation is 1. The lowest BCUT2D eigenvalue weighted by molar-refractivity contribution is 0.340. The molecule has 5 nitrogen and oxygen atoms in total. The number of hydrogen-bond donors (Lipinski definition) is 1. The molecule has 1 aromatic carbocycles. The van der Waals surface area contributed by atoms with Crippen molar-refractivity contribution in [2.45, 2.75) is 20.4 Å². The molecule has 1 N–H and O–H groups in total. The third-order valence-corrected chi connectivity index (χ3v) is 3.15. The van der Waals surface area contributed by atoms with Crippen LogP contribution in [0.25, 0.3) is 5.65 Å². The summed E-state index contributed by atoms with van der Waals surface area (Å²) in [6, 6.07) is 12.0. The highest BCUT2D eigenvalue weighted by Gasteiger charge is 2.03. The molecule has 3 aromatic rings. The fourth-order valence-electron chi connectivity index (χ4n) is 2.15. The van der Waals surface area contributed by atoms with Crippen LogP contribution in [0.15, 0.2) is 42.6 Å². The molecule has 3 rings (SSSR count). The number of benzene rings is 1. The number of ether oxygens (including phenoxy) is 1. The average Bonchev–Trinajstić information content (AvgIpc) is 2.88. The molecule has 21 heavy (non-hydrogen) atoms. The summed E-state index contributed by atoms with van der Waals surface area (Å²) >= 11 is 0. The van der Waals surface area contributed by atoms with Crippen molar-refractivity contribution in [2.24, 2.45) is 0 Å². The van der Waals surface area contributed by atoms with Crippen molar-refractivity contribution < 1.29 is 4.74 Å². The molecule has 108 valence electrons. The zero-order valence-corrected chi connectivity index (χ0v) is 12.2. The van der Waals surface area contributed by atoms with Crippen LogP contribution < -0.4 is 10.1 Å². The van der Waals surface area contributed by atoms with E-state index in [1.807, 2.05) is 50.4 Å². The van der Waals surface area contributed by atoms with Crippen molar-refractivity contribution >= 4 is 11.6 Å². The molecule has 0 saturated carbocycles. The molecule has 0 amide bonds. The van der Waals surface area contributed by atoms with E-state index in [1.165, 1.54) is 5.56 Å². The highest BCUT2D eigenvalue weighted by molar-refractivity contribution is 5.45. The number of nitrogens with zero attached hydrogens (tertiary/aromatic N) is 3. The van der Waals surface area contributed by atoms with Gasteiger partial charge < -0.3 is 10.1 Å². The smallest absolute Gasteiger partial charge is 0.243 e. The van der Waals surface area contributed by atoms with E-state index in [9.17, 15) is 0 Å². The van der Waals surface area contributed by atoms with Gasteiger partial charge in [-0.3, -0.25) is 0 Å². The quantitative estimate of drug-likeness (QED) is 0.781. The topological polar surface area (TPSA) is 51.5 Å². The molecule has 0 unspecified atom stereocenters. The Morgan fingerprint density at radius 3 is 3.00 bits per heavy atom. The summed E-state index contributed by atoms with van der Waals surface area (Å²) in [6.45, 7) is 5.36. The number of anilines is 1. The summed E-state index contributed by atoms with van der Waals surface area (Å²) in [5.41, 5.74) is 3.16. The van der Waals surface area contributed by atoms with Gasteiger partial charge in [0.15, 0.2) is 5.65 Å². The second-order valence-electron chi connectivity index (χ2n) is 4.88. The van der Waals surface area contributed by atoms with Crippen LogP contribution in [0.4, 0.5) is 5.95 Å². The standard InChI is InChI=1S/C16H18N4O/c1-3-21-14-6-4-5-13(10-14)11-17-16-18-15-9-12(2)7-8-20(15)19-16/h4-10H,3,11H2,1-2H3,(H,17,19). The Labute approximate surface area is 123 Å². The number of nitrogens with one attached hydrogen (secondary N) is 1. The van der Waals surface area contributed by atoms with Crippen LogP contribution in [-0.4, -0.2) is 21.2 Å². The Morgan fingerprint density at radius 1 is 1.24 bits per heavy atom. The average molecular weight is 282 g/mol. The predicted octanol–water partition coefficient (Wildman–Crippen LogP) is 3.05. The number of hydrogen-bond acceptors (Lipinski definition) is 4. The number of pyridine rings is 1. The Bertz CT molecular complexity index is 751. The van der Waals surface area contributed by atoms with Gasteiger partial charge in [-0.15, -0.1) is 5.10 Å². The lowest BCUT2D eigenvalue weighted by Gasteiger charge is -2.06. The molecular formula is C16H18N4O. The van der Waals surface area contributed by atoms with Crippen molar-refractivity contribution in [2.75, 3.05) is 11.9 Å². The minimum absolute atomic E-state index is 0.627. The molecule has 2 aromatic heterocycles. The molecule has 2 heterocycles. The van der Waals surface area contributed by atoms with E-state index in [1.54, 1.807) is 4.52 Å². The Hall–Kier alpha value is -2.56. The van der Waals surface area contributed by atoms with Gasteiger partial charge >= 0.3 is 0 Å². The highest BCUT2D eigenvalue weighted by Crippen LogP contribution is 2.14. The van der Waals surface area contributed by atoms with Gasteiger partial charge in [-0.2, -0.15) is 4.98 Å². The molecule has 5 heteroatoms. The Kier molecular flexibility index (Phi) is 3.73. The van der Waals surface area contributed by atoms with Gasteiger partial charge in [0.2, 0.25) is 5.95 Å². The van der Waals surface area contributed by atoms with E-state index in [0.717, 1.165) is 17.0 Å². The van der Waals surface area contributed by atoms with E-state index in [4.69, 9.17) is 4.74 Å². The van der Waals surface area contributed by atoms with Crippen LogP contribution in [-0.2, 0) is 6.54 Å². The van der Waals surface area contributed by atoms with Crippen molar-refractivity contribution in [3.8, 4) is 5.75 Å². The minimum Gasteiger partial charge on any atom is -0.494 e. The van der Waals surface area contributed by atoms with Crippen LogP contribution in [0, 0.1) is 6.92 Å². The predicted molar refractivity (Wildman–Crippen MR) is 82.7 cm³/mol. The fraction of sp³-hybridized carbons (Fsp3) is 0.250. The first-order valence-corrected chi connectivity index (χ1v) is 7.03. The lowest BCUT2D eigenvalue weighted by atomic mass is 10.2. The van der Waals surface area contributed by atoms with Gasteiger partial charge in [-0.1, -0.05) is 12.1 Å². The third kappa shape index (κ3) is 3.13. The lowest BCUT2D eigenvalue weighted by Crippen LogP contribution is -2.02. The van der Waals surface area contributed by atoms with E-state index in [2.05, 4.69) is 21.5 Å². The maximum atomic E-state index is 5.50. The van der Waals surface area contributed by atoms with E-state index in [-0.39, 0.29) is 0 Å². The second kappa shape index (κ2) is 5.83. The van der Waals surface area contributed by atoms with Crippen molar-refractivity contribution in [1.82, 2.24) is 14.6 Å². The zero-order chi connectivity index (χ0) is 14.7. The molecule has 0 fully saturated rings. The maximum Gasteiger partial charge on any atom is 0.243 e. The molecule has 0 saturated heterocycles. The minimum atomic E-state index is 0.627. The summed E-state index contributed by atoms with van der Waals surface area (Å²) < 4.78 is 7.27. The number of aromatic nitrogens is 3. The normalized spacial score (nSPS) is 10.8. The molecule has 0 aliphatic rings. The van der Waals surface area contributed by atoms with Gasteiger partial charge in [0, 0.05) is 12.7 Å². The zero-order valence-electron chi connectivity index (χ0n) is 12.2. The maximum absolute atomic E-state index is 5.50. The van der Waals surface area contributed by atoms with Gasteiger partial charge in [0.25, 0.3) is 0 Å². The summed E-state index contributed by atoms with van der Waals surface area (Å²) in [6.07, 6.45) is 1.92. The molecule has 0 aliphatic heterocycles. The van der Waals surface area contributed by atoms with Crippen LogP contribution in [0.2, 0.25) is 0 Å². The highest BCUT2D eigenvalue weighted by atomic mass is 16.5. The Morgan fingerprint density at radius 2 is 2.14 bits per heavy atom. The fourth-order valence-corrected chi connectivity index (χ4v) is 2.15. The van der Waals surface area contributed by atoms with E-state index >= 15 is 0 Å². The van der Waals surface area contributed by atoms with Crippen LogP contribution in [0.5, 0.6) is 5.75 Å². The summed E-state index contributed by atoms with van der Waals surface area (Å²) in [7, 11) is 0. The van der Waals surface area contributed by atoms with Gasteiger partial charge in [0.05, 0.1) is 6.61 Å². The first-order valence-electron chi connectivity index (χ1n) is 7.03. The molecule has 0 radical (unpaired) electrons. The molecule has 0 aliphatic carbocycles. The largest absolute Gasteiger partial charge is 0.494 e. The Balaban J connectivity index is 1.72. The third-order valence-electron chi connectivity index (χ3n) is 3.15. The molecule has 0 spiro atoms. The number of rotatable bonds is 5. The first kappa shape index (κ1) is 13.4. The van der Waals surface area contributed by atoms with E-state index < -0.39 is 0 Å². The summed E-state index contributed by atoms with van der Waals surface area (Å²) in [5.74, 6) is 1.51. The van der Waals surface area contributed by atoms with Crippen LogP contribution in [0.3, 0.4) is 0 Å².